The van der Waals surface area contributed by atoms with Crippen molar-refractivity contribution in [3.8, 4) is 5.75 Å². The molecule has 10 nitrogen and oxygen atoms in total. The van der Waals surface area contributed by atoms with Crippen molar-refractivity contribution in [2.24, 2.45) is 0 Å². The first-order valence-electron chi connectivity index (χ1n) is 10.2. The maximum absolute atomic E-state index is 12.8. The molecule has 33 heavy (non-hydrogen) atoms. The van der Waals surface area contributed by atoms with Gasteiger partial charge in [0.05, 0.1) is 31.0 Å². The minimum atomic E-state index is -0.799. The number of benzene rings is 1. The molecule has 0 aliphatic carbocycles. The third-order valence-corrected chi connectivity index (χ3v) is 5.02. The van der Waals surface area contributed by atoms with Crippen LogP contribution in [0.2, 0.25) is 0 Å². The Bertz CT molecular complexity index is 1200. The van der Waals surface area contributed by atoms with Crippen molar-refractivity contribution in [2.75, 3.05) is 20.3 Å². The summed E-state index contributed by atoms with van der Waals surface area (Å²) >= 11 is 0. The Labute approximate surface area is 189 Å². The van der Waals surface area contributed by atoms with Crippen LogP contribution in [0.25, 0.3) is 5.65 Å². The van der Waals surface area contributed by atoms with Gasteiger partial charge in [-0.25, -0.2) is 19.4 Å². The second-order valence-electron chi connectivity index (χ2n) is 7.09. The lowest BCUT2D eigenvalue weighted by atomic mass is 9.95. The Morgan fingerprint density at radius 2 is 1.88 bits per heavy atom. The summed E-state index contributed by atoms with van der Waals surface area (Å²) in [6, 6.07) is 10.9. The van der Waals surface area contributed by atoms with E-state index < -0.39 is 24.0 Å². The number of aromatic nitrogens is 2. The summed E-state index contributed by atoms with van der Waals surface area (Å²) in [4.78, 5) is 42.0. The summed E-state index contributed by atoms with van der Waals surface area (Å²) < 4.78 is 17.4. The molecule has 2 amide bonds. The van der Waals surface area contributed by atoms with Crippen molar-refractivity contribution in [1.82, 2.24) is 20.0 Å². The minimum absolute atomic E-state index is 0.103. The zero-order chi connectivity index (χ0) is 23.4. The zero-order valence-electron chi connectivity index (χ0n) is 18.0. The van der Waals surface area contributed by atoms with Crippen LogP contribution in [-0.4, -0.2) is 47.7 Å². The molecule has 2 N–H and O–H groups in total. The van der Waals surface area contributed by atoms with Gasteiger partial charge < -0.3 is 29.2 Å². The molecule has 1 atom stereocenters. The fourth-order valence-electron chi connectivity index (χ4n) is 3.47. The smallest absolute Gasteiger partial charge is 0.358 e. The van der Waals surface area contributed by atoms with Gasteiger partial charge in [-0.15, -0.1) is 0 Å². The molecule has 4 rings (SSSR count). The van der Waals surface area contributed by atoms with Crippen LogP contribution in [0.4, 0.5) is 4.79 Å². The number of methoxy groups -OCH3 is 1. The Morgan fingerprint density at radius 1 is 1.09 bits per heavy atom. The third-order valence-electron chi connectivity index (χ3n) is 5.02. The van der Waals surface area contributed by atoms with E-state index in [1.54, 1.807) is 67.2 Å². The number of fused-ring (bicyclic) bond motifs is 1. The van der Waals surface area contributed by atoms with E-state index in [0.29, 0.717) is 17.0 Å². The third kappa shape index (κ3) is 4.64. The van der Waals surface area contributed by atoms with Gasteiger partial charge in [0.25, 0.3) is 0 Å². The van der Waals surface area contributed by atoms with Gasteiger partial charge in [0, 0.05) is 12.4 Å². The molecule has 1 aromatic carbocycles. The fraction of sp³-hybridized carbons (Fsp3) is 0.217. The van der Waals surface area contributed by atoms with E-state index in [1.165, 1.54) is 0 Å². The van der Waals surface area contributed by atoms with Crippen LogP contribution >= 0.6 is 0 Å². The molecule has 2 aromatic heterocycles. The van der Waals surface area contributed by atoms with Crippen LogP contribution in [0.15, 0.2) is 66.1 Å². The molecule has 1 aliphatic heterocycles. The maximum Gasteiger partial charge on any atom is 0.358 e. The molecule has 3 heterocycles. The first-order valence-corrected chi connectivity index (χ1v) is 10.2. The Balaban J connectivity index is 1.62. The molecule has 0 bridgehead atoms. The molecule has 10 heteroatoms. The standard InChI is InChI=1S/C23H22N4O6/c1-3-32-22(29)19-17(13-33-21(28)16-12-27-11-5-4-6-18(27)24-16)25-23(30)26-20(19)14-7-9-15(31-2)10-8-14/h4-12,20H,3,13H2,1-2H3,(H2,25,26,30)/t20-/m1/s1. The highest BCUT2D eigenvalue weighted by molar-refractivity contribution is 5.95. The van der Waals surface area contributed by atoms with Gasteiger partial charge in [-0.3, -0.25) is 0 Å². The Kier molecular flexibility index (Phi) is 6.25. The van der Waals surface area contributed by atoms with Gasteiger partial charge in [0.1, 0.15) is 18.0 Å². The normalized spacial score (nSPS) is 15.6. The molecule has 0 saturated heterocycles. The average Bonchev–Trinajstić information content (AvgIpc) is 3.27. The van der Waals surface area contributed by atoms with Crippen LogP contribution in [0.1, 0.15) is 29.0 Å². The van der Waals surface area contributed by atoms with E-state index >= 15 is 0 Å². The lowest BCUT2D eigenvalue weighted by molar-refractivity contribution is -0.139. The zero-order valence-corrected chi connectivity index (χ0v) is 18.0. The summed E-state index contributed by atoms with van der Waals surface area (Å²) in [5.74, 6) is -0.699. The number of hydrogen-bond donors (Lipinski definition) is 2. The van der Waals surface area contributed by atoms with Crippen molar-refractivity contribution >= 4 is 23.6 Å². The van der Waals surface area contributed by atoms with Gasteiger partial charge in [-0.05, 0) is 36.8 Å². The van der Waals surface area contributed by atoms with E-state index in [1.807, 2.05) is 6.07 Å². The quantitative estimate of drug-likeness (QED) is 0.530. The molecule has 0 spiro atoms. The van der Waals surface area contributed by atoms with Crippen LogP contribution in [-0.2, 0) is 14.3 Å². The highest BCUT2D eigenvalue weighted by Gasteiger charge is 2.34. The topological polar surface area (TPSA) is 120 Å². The Morgan fingerprint density at radius 3 is 2.58 bits per heavy atom. The number of urea groups is 1. The molecule has 0 fully saturated rings. The highest BCUT2D eigenvalue weighted by atomic mass is 16.5. The highest BCUT2D eigenvalue weighted by Crippen LogP contribution is 2.29. The van der Waals surface area contributed by atoms with E-state index in [0.717, 1.165) is 0 Å². The van der Waals surface area contributed by atoms with Crippen LogP contribution < -0.4 is 15.4 Å². The summed E-state index contributed by atoms with van der Waals surface area (Å²) in [5.41, 5.74) is 1.61. The van der Waals surface area contributed by atoms with E-state index in [2.05, 4.69) is 15.6 Å². The van der Waals surface area contributed by atoms with E-state index in [4.69, 9.17) is 14.2 Å². The van der Waals surface area contributed by atoms with Gasteiger partial charge in [0.2, 0.25) is 0 Å². The number of nitrogens with one attached hydrogen (secondary N) is 2. The number of amides is 2. The summed E-state index contributed by atoms with van der Waals surface area (Å²) in [6.45, 7) is 1.47. The van der Waals surface area contributed by atoms with Gasteiger partial charge in [-0.2, -0.15) is 0 Å². The molecular weight excluding hydrogens is 428 g/mol. The monoisotopic (exact) mass is 450 g/mol. The van der Waals surface area contributed by atoms with E-state index in [-0.39, 0.29) is 30.2 Å². The second-order valence-corrected chi connectivity index (χ2v) is 7.09. The molecule has 0 radical (unpaired) electrons. The van der Waals surface area contributed by atoms with Crippen molar-refractivity contribution in [3.05, 3.63) is 77.4 Å². The van der Waals surface area contributed by atoms with Crippen LogP contribution in [0.5, 0.6) is 5.75 Å². The van der Waals surface area contributed by atoms with Crippen molar-refractivity contribution in [3.63, 3.8) is 0 Å². The second kappa shape index (κ2) is 9.43. The first kappa shape index (κ1) is 21.9. The number of carbonyl (C=O) groups excluding carboxylic acids is 3. The van der Waals surface area contributed by atoms with Crippen LogP contribution in [0, 0.1) is 0 Å². The van der Waals surface area contributed by atoms with Gasteiger partial charge in [0.15, 0.2) is 5.69 Å². The van der Waals surface area contributed by atoms with Crippen molar-refractivity contribution in [2.45, 2.75) is 13.0 Å². The molecule has 0 unspecified atom stereocenters. The molecule has 170 valence electrons. The summed E-state index contributed by atoms with van der Waals surface area (Å²) in [7, 11) is 1.54. The molecule has 0 saturated carbocycles. The minimum Gasteiger partial charge on any atom is -0.497 e. The number of imidazole rings is 1. The summed E-state index contributed by atoms with van der Waals surface area (Å²) in [6.07, 6.45) is 3.30. The SMILES string of the molecule is CCOC(=O)C1=C(COC(=O)c2cn3ccccc3n2)NC(=O)N[C@@H]1c1ccc(OC)cc1. The molecule has 1 aliphatic rings. The number of nitrogens with zero attached hydrogens (tertiary/aromatic N) is 2. The van der Waals surface area contributed by atoms with Gasteiger partial charge >= 0.3 is 18.0 Å². The lowest BCUT2D eigenvalue weighted by Crippen LogP contribution is -2.47. The predicted molar refractivity (Wildman–Crippen MR) is 117 cm³/mol. The fourth-order valence-corrected chi connectivity index (χ4v) is 3.47. The van der Waals surface area contributed by atoms with Crippen molar-refractivity contribution < 1.29 is 28.6 Å². The largest absolute Gasteiger partial charge is 0.497 e. The van der Waals surface area contributed by atoms with E-state index in [9.17, 15) is 14.4 Å². The number of rotatable bonds is 7. The number of pyridine rings is 1. The lowest BCUT2D eigenvalue weighted by Gasteiger charge is -2.29. The number of ether oxygens (including phenoxy) is 3. The van der Waals surface area contributed by atoms with Gasteiger partial charge in [-0.1, -0.05) is 18.2 Å². The molecular formula is C23H22N4O6. The first-order chi connectivity index (χ1) is 16.0. The Hall–Kier alpha value is -4.34. The summed E-state index contributed by atoms with van der Waals surface area (Å²) in [5, 5.41) is 5.28. The predicted octanol–water partition coefficient (Wildman–Crippen LogP) is 2.37. The molecule has 3 aromatic rings. The maximum atomic E-state index is 12.8. The number of hydrogen-bond acceptors (Lipinski definition) is 7. The number of carbonyl (C=O) groups is 3. The van der Waals surface area contributed by atoms with Crippen molar-refractivity contribution in [1.29, 1.82) is 0 Å². The van der Waals surface area contributed by atoms with Crippen LogP contribution in [0.3, 0.4) is 0 Å². The number of esters is 2. The average molecular weight is 450 g/mol.